The summed E-state index contributed by atoms with van der Waals surface area (Å²) in [7, 11) is 0. The molecule has 6 nitrogen and oxygen atoms in total. The molecule has 0 spiro atoms. The van der Waals surface area contributed by atoms with Crippen molar-refractivity contribution in [1.82, 2.24) is 0 Å². The van der Waals surface area contributed by atoms with Gasteiger partial charge in [-0.2, -0.15) is 49.2 Å². The van der Waals surface area contributed by atoms with Gasteiger partial charge in [-0.3, -0.25) is 0 Å². The minimum atomic E-state index is -3.81. The molecule has 0 amide bonds. The molecule has 0 unspecified atom stereocenters. The van der Waals surface area contributed by atoms with Gasteiger partial charge >= 0.3 is 34.5 Å². The molecule has 0 atom stereocenters. The van der Waals surface area contributed by atoms with Crippen LogP contribution in [0.15, 0.2) is 30.3 Å². The van der Waals surface area contributed by atoms with Crippen molar-refractivity contribution in [2.24, 2.45) is 0 Å². The summed E-state index contributed by atoms with van der Waals surface area (Å²) in [5.41, 5.74) is 0. The zero-order valence-electron chi connectivity index (χ0n) is 14.4. The second-order valence-corrected chi connectivity index (χ2v) is 8.80. The van der Waals surface area contributed by atoms with Crippen LogP contribution in [0.3, 0.4) is 0 Å². The molecule has 25 heavy (non-hydrogen) atoms. The summed E-state index contributed by atoms with van der Waals surface area (Å²) in [6.45, 7) is 3.83. The van der Waals surface area contributed by atoms with Crippen molar-refractivity contribution < 1.29 is 50.4 Å². The van der Waals surface area contributed by atoms with E-state index in [1.807, 2.05) is 30.3 Å². The van der Waals surface area contributed by atoms with Gasteiger partial charge in [0.25, 0.3) is 0 Å². The van der Waals surface area contributed by atoms with Gasteiger partial charge in [0.2, 0.25) is 0 Å². The molecule has 11 heteroatoms. The fraction of sp³-hybridized carbons (Fsp3) is 0.429. The summed E-state index contributed by atoms with van der Waals surface area (Å²) >= 11 is 7.21. The van der Waals surface area contributed by atoms with Crippen molar-refractivity contribution in [3.05, 3.63) is 50.2 Å². The summed E-state index contributed by atoms with van der Waals surface area (Å²) in [4.78, 5) is 45.3. The molecule has 1 aromatic carbocycles. The second kappa shape index (κ2) is 27.2. The largest absolute Gasteiger partial charge is 3.00 e. The third-order valence-corrected chi connectivity index (χ3v) is 1.31. The average molecular weight is 515 g/mol. The normalized spacial score (nSPS) is 9.04. The van der Waals surface area contributed by atoms with Gasteiger partial charge in [0.15, 0.2) is 0 Å². The van der Waals surface area contributed by atoms with Gasteiger partial charge in [0.1, 0.15) is 0 Å². The van der Waals surface area contributed by atoms with Crippen molar-refractivity contribution in [1.29, 1.82) is 0 Å². The summed E-state index contributed by atoms with van der Waals surface area (Å²) in [6.07, 6.45) is 4.56. The Hall–Kier alpha value is 0.968. The van der Waals surface area contributed by atoms with Crippen molar-refractivity contribution in [3.63, 3.8) is 0 Å². The molecule has 6 N–H and O–H groups in total. The SMILES string of the molecule is OP(O)(O)=S.OP(O)(O)=S.[CH2-]CCC.[CH2-]CCC.[Mo+3].[c-]1ccccc1. The van der Waals surface area contributed by atoms with E-state index in [1.54, 1.807) is 0 Å². The minimum Gasteiger partial charge on any atom is -0.343 e. The van der Waals surface area contributed by atoms with Crippen LogP contribution in [0.25, 0.3) is 0 Å². The van der Waals surface area contributed by atoms with E-state index in [0.29, 0.717) is 0 Å². The molecular formula is C14H29MoO6P2S2. The molecule has 0 fully saturated rings. The Morgan fingerprint density at radius 2 is 0.960 bits per heavy atom. The second-order valence-electron chi connectivity index (χ2n) is 3.81. The summed E-state index contributed by atoms with van der Waals surface area (Å²) in [5.74, 6) is 0. The Morgan fingerprint density at radius 1 is 0.760 bits per heavy atom. The third kappa shape index (κ3) is 164. The molecule has 0 aliphatic carbocycles. The Balaban J connectivity index is -0.0000000668. The zero-order valence-corrected chi connectivity index (χ0v) is 19.9. The molecule has 0 bridgehead atoms. The number of hydrogen-bond acceptors (Lipinski definition) is 2. The maximum absolute atomic E-state index is 7.56. The van der Waals surface area contributed by atoms with Crippen LogP contribution in [-0.2, 0) is 44.7 Å². The molecule has 149 valence electrons. The first-order chi connectivity index (χ1) is 10.8. The quantitative estimate of drug-likeness (QED) is 0.202. The number of benzene rings is 1. The molecule has 1 radical (unpaired) electrons. The maximum atomic E-state index is 7.56. The first-order valence-corrected chi connectivity index (χ1v) is 12.2. The van der Waals surface area contributed by atoms with Gasteiger partial charge in [-0.15, -0.1) is 0 Å². The van der Waals surface area contributed by atoms with Crippen LogP contribution in [0.2, 0.25) is 0 Å². The first kappa shape index (κ1) is 36.8. The van der Waals surface area contributed by atoms with E-state index < -0.39 is 13.4 Å². The Bertz CT molecular complexity index is 344. The van der Waals surface area contributed by atoms with Crippen molar-refractivity contribution in [3.8, 4) is 0 Å². The van der Waals surface area contributed by atoms with E-state index in [0.717, 1.165) is 12.8 Å². The first-order valence-electron chi connectivity index (χ1n) is 6.89. The Kier molecular flexibility index (Phi) is 40.0. The van der Waals surface area contributed by atoms with Crippen LogP contribution in [0, 0.1) is 19.9 Å². The molecule has 0 saturated carbocycles. The van der Waals surface area contributed by atoms with Crippen LogP contribution in [0.4, 0.5) is 0 Å². The molecule has 0 saturated heterocycles. The van der Waals surface area contributed by atoms with Crippen molar-refractivity contribution >= 4 is 37.1 Å². The van der Waals surface area contributed by atoms with Gasteiger partial charge in [-0.1, -0.05) is 26.7 Å². The van der Waals surface area contributed by atoms with Gasteiger partial charge in [0.05, 0.1) is 0 Å². The smallest absolute Gasteiger partial charge is 0.343 e. The molecule has 0 aliphatic rings. The number of unbranched alkanes of at least 4 members (excludes halogenated alkanes) is 2. The van der Waals surface area contributed by atoms with Gasteiger partial charge in [-0.25, -0.2) is 0 Å². The van der Waals surface area contributed by atoms with E-state index in [1.165, 1.54) is 12.8 Å². The van der Waals surface area contributed by atoms with Gasteiger partial charge in [-0.05, 0) is 23.6 Å². The van der Waals surface area contributed by atoms with Gasteiger partial charge in [0, 0.05) is 0 Å². The maximum Gasteiger partial charge on any atom is 3.00 e. The van der Waals surface area contributed by atoms with Crippen LogP contribution in [0.1, 0.15) is 39.5 Å². The molecule has 1 aromatic rings. The summed E-state index contributed by atoms with van der Waals surface area (Å²) in [5, 5.41) is 0. The van der Waals surface area contributed by atoms with E-state index in [9.17, 15) is 0 Å². The Labute approximate surface area is 176 Å². The van der Waals surface area contributed by atoms with Crippen LogP contribution < -0.4 is 0 Å². The topological polar surface area (TPSA) is 121 Å². The molecule has 1 rings (SSSR count). The molecule has 0 aromatic heterocycles. The van der Waals surface area contributed by atoms with Gasteiger partial charge < -0.3 is 43.2 Å². The van der Waals surface area contributed by atoms with Crippen LogP contribution in [0.5, 0.6) is 0 Å². The summed E-state index contributed by atoms with van der Waals surface area (Å²) < 4.78 is 0. The van der Waals surface area contributed by atoms with Crippen molar-refractivity contribution in [2.45, 2.75) is 39.5 Å². The fourth-order valence-corrected chi connectivity index (χ4v) is 0.342. The standard InChI is InChI=1S/C6H5.2C4H9.Mo.2H3O3PS/c1-2-4-6-5-3-1;2*1-3-4-2;;2*1-4(2,3)5/h1-5H;2*1,3-4H2,2H3;;2*(H3,1,2,3,5)/q3*-1;+3;;. The monoisotopic (exact) mass is 517 g/mol. The number of rotatable bonds is 2. The minimum absolute atomic E-state index is 0. The summed E-state index contributed by atoms with van der Waals surface area (Å²) in [6, 6.07) is 12.5. The molecule has 0 heterocycles. The van der Waals surface area contributed by atoms with E-state index in [-0.39, 0.29) is 21.1 Å². The molecule has 0 aliphatic heterocycles. The van der Waals surface area contributed by atoms with E-state index in [2.05, 4.69) is 57.4 Å². The predicted octanol–water partition coefficient (Wildman–Crippen LogP) is 3.10. The van der Waals surface area contributed by atoms with E-state index >= 15 is 0 Å². The molecular weight excluding hydrogens is 486 g/mol. The van der Waals surface area contributed by atoms with Crippen molar-refractivity contribution in [2.75, 3.05) is 0 Å². The van der Waals surface area contributed by atoms with E-state index in [4.69, 9.17) is 29.4 Å². The van der Waals surface area contributed by atoms with Crippen LogP contribution >= 0.6 is 13.4 Å². The third-order valence-electron chi connectivity index (χ3n) is 1.31. The zero-order chi connectivity index (χ0) is 20.1. The number of hydrogen-bond donors (Lipinski definition) is 6. The predicted molar refractivity (Wildman–Crippen MR) is 108 cm³/mol. The van der Waals surface area contributed by atoms with Crippen LogP contribution in [-0.4, -0.2) is 29.4 Å². The Morgan fingerprint density at radius 3 is 1.00 bits per heavy atom. The average Bonchev–Trinajstić information content (AvgIpc) is 2.46. The fourth-order valence-electron chi connectivity index (χ4n) is 0.342.